The van der Waals surface area contributed by atoms with Crippen molar-refractivity contribution in [2.75, 3.05) is 0 Å². The third kappa shape index (κ3) is 7.54. The Morgan fingerprint density at radius 2 is 1.96 bits per heavy atom. The van der Waals surface area contributed by atoms with Gasteiger partial charge in [0.2, 0.25) is 5.91 Å². The lowest BCUT2D eigenvalue weighted by atomic mass is 9.88. The van der Waals surface area contributed by atoms with Gasteiger partial charge in [0.25, 0.3) is 0 Å². The van der Waals surface area contributed by atoms with Gasteiger partial charge in [-0.2, -0.15) is 0 Å². The number of carbonyl (C=O) groups is 1. The number of hydrogen-bond donors (Lipinski definition) is 4. The molecule has 1 aromatic carbocycles. The fourth-order valence-electron chi connectivity index (χ4n) is 2.45. The van der Waals surface area contributed by atoms with Gasteiger partial charge in [0.1, 0.15) is 5.67 Å². The van der Waals surface area contributed by atoms with Gasteiger partial charge < -0.3 is 10.8 Å². The van der Waals surface area contributed by atoms with Crippen LogP contribution in [-0.2, 0) is 11.2 Å². The van der Waals surface area contributed by atoms with E-state index in [1.807, 2.05) is 30.3 Å². The topological polar surface area (TPSA) is 95.6 Å². The molecule has 23 heavy (non-hydrogen) atoms. The van der Waals surface area contributed by atoms with Crippen LogP contribution < -0.4 is 11.2 Å². The Hall–Kier alpha value is -1.50. The van der Waals surface area contributed by atoms with Crippen LogP contribution in [0.3, 0.4) is 0 Å². The van der Waals surface area contributed by atoms with Crippen molar-refractivity contribution in [1.82, 2.24) is 5.48 Å². The second-order valence-electron chi connectivity index (χ2n) is 6.59. The first kappa shape index (κ1) is 19.5. The number of hydroxylamine groups is 1. The zero-order valence-electron chi connectivity index (χ0n) is 13.7. The van der Waals surface area contributed by atoms with Crippen molar-refractivity contribution in [1.29, 1.82) is 0 Å². The number of halogens is 1. The first-order chi connectivity index (χ1) is 10.7. The molecule has 0 spiro atoms. The van der Waals surface area contributed by atoms with Crippen LogP contribution in [0.1, 0.15) is 38.7 Å². The van der Waals surface area contributed by atoms with Crippen LogP contribution in [0, 0.1) is 5.92 Å². The summed E-state index contributed by atoms with van der Waals surface area (Å²) in [5.41, 5.74) is 7.17. The van der Waals surface area contributed by atoms with Crippen LogP contribution in [0.4, 0.5) is 4.39 Å². The summed E-state index contributed by atoms with van der Waals surface area (Å²) in [5.74, 6) is -1.31. The molecule has 0 saturated heterocycles. The highest BCUT2D eigenvalue weighted by Gasteiger charge is 2.27. The number of nitrogens with one attached hydrogen (secondary N) is 1. The van der Waals surface area contributed by atoms with Crippen molar-refractivity contribution >= 4 is 5.91 Å². The lowest BCUT2D eigenvalue weighted by Gasteiger charge is -2.24. The van der Waals surface area contributed by atoms with Gasteiger partial charge in [0, 0.05) is 12.0 Å². The Balaban J connectivity index is 2.60. The molecule has 0 bridgehead atoms. The molecule has 0 radical (unpaired) electrons. The predicted molar refractivity (Wildman–Crippen MR) is 86.6 cm³/mol. The minimum atomic E-state index is -1.41. The summed E-state index contributed by atoms with van der Waals surface area (Å²) in [7, 11) is 0. The van der Waals surface area contributed by atoms with E-state index in [0.717, 1.165) is 5.56 Å². The summed E-state index contributed by atoms with van der Waals surface area (Å²) in [4.78, 5) is 11.7. The van der Waals surface area contributed by atoms with Gasteiger partial charge in [-0.25, -0.2) is 9.87 Å². The van der Waals surface area contributed by atoms with Crippen LogP contribution in [0.15, 0.2) is 30.3 Å². The number of aliphatic hydroxyl groups is 1. The average molecular weight is 326 g/mol. The van der Waals surface area contributed by atoms with E-state index in [0.29, 0.717) is 6.42 Å². The third-order valence-electron chi connectivity index (χ3n) is 3.90. The molecule has 0 heterocycles. The van der Waals surface area contributed by atoms with Gasteiger partial charge in [0.05, 0.1) is 6.10 Å². The molecule has 130 valence electrons. The fourth-order valence-corrected chi connectivity index (χ4v) is 2.45. The lowest BCUT2D eigenvalue weighted by molar-refractivity contribution is -0.135. The molecule has 1 rings (SSSR count). The van der Waals surface area contributed by atoms with Crippen LogP contribution in [0.25, 0.3) is 0 Å². The molecule has 1 aromatic rings. The molecule has 0 unspecified atom stereocenters. The van der Waals surface area contributed by atoms with E-state index in [9.17, 15) is 14.3 Å². The Labute approximate surface area is 136 Å². The van der Waals surface area contributed by atoms with Crippen molar-refractivity contribution in [3.63, 3.8) is 0 Å². The Kier molecular flexibility index (Phi) is 7.61. The summed E-state index contributed by atoms with van der Waals surface area (Å²) in [5, 5.41) is 19.1. The molecule has 0 fully saturated rings. The van der Waals surface area contributed by atoms with Crippen molar-refractivity contribution in [3.8, 4) is 0 Å². The van der Waals surface area contributed by atoms with Gasteiger partial charge in [-0.3, -0.25) is 10.0 Å². The largest absolute Gasteiger partial charge is 0.391 e. The predicted octanol–water partition coefficient (Wildman–Crippen LogP) is 1.96. The Morgan fingerprint density at radius 1 is 1.35 bits per heavy atom. The quantitative estimate of drug-likeness (QED) is 0.412. The number of nitrogens with two attached hydrogens (primary N) is 1. The number of amides is 1. The normalized spacial score (nSPS) is 15.7. The standard InChI is InChI=1S/C17H27FN2O3/c1-17(2,18)9-8-13(16(22)20-23)11-15(21)14(19)10-12-6-4-3-5-7-12/h3-7,13-15,21,23H,8-11,19H2,1-2H3,(H,20,22)/t13-,14+,15+/m1/s1. The molecule has 0 aliphatic rings. The number of carbonyl (C=O) groups excluding carboxylic acids is 1. The summed E-state index contributed by atoms with van der Waals surface area (Å²) in [6.07, 6.45) is 0.0253. The SMILES string of the molecule is CC(C)(F)CC[C@H](C[C@H](O)[C@@H](N)Cc1ccccc1)C(=O)NO. The maximum absolute atomic E-state index is 13.6. The van der Waals surface area contributed by atoms with Crippen LogP contribution in [0.2, 0.25) is 0 Å². The van der Waals surface area contributed by atoms with Gasteiger partial charge in [0.15, 0.2) is 0 Å². The highest BCUT2D eigenvalue weighted by molar-refractivity contribution is 5.77. The minimum absolute atomic E-state index is 0.0798. The number of rotatable bonds is 9. The number of aliphatic hydroxyl groups excluding tert-OH is 1. The van der Waals surface area contributed by atoms with E-state index in [-0.39, 0.29) is 19.3 Å². The second-order valence-corrected chi connectivity index (χ2v) is 6.59. The molecule has 0 aliphatic carbocycles. The van der Waals surface area contributed by atoms with Crippen LogP contribution in [0.5, 0.6) is 0 Å². The van der Waals surface area contributed by atoms with E-state index >= 15 is 0 Å². The average Bonchev–Trinajstić information content (AvgIpc) is 2.50. The summed E-state index contributed by atoms with van der Waals surface area (Å²) < 4.78 is 13.6. The minimum Gasteiger partial charge on any atom is -0.391 e. The number of benzene rings is 1. The smallest absolute Gasteiger partial charge is 0.246 e. The Morgan fingerprint density at radius 3 is 2.48 bits per heavy atom. The van der Waals surface area contributed by atoms with Gasteiger partial charge >= 0.3 is 0 Å². The zero-order chi connectivity index (χ0) is 17.5. The van der Waals surface area contributed by atoms with E-state index in [1.165, 1.54) is 13.8 Å². The van der Waals surface area contributed by atoms with Gasteiger partial charge in [-0.1, -0.05) is 30.3 Å². The molecule has 0 aromatic heterocycles. The summed E-state index contributed by atoms with van der Waals surface area (Å²) >= 11 is 0. The lowest BCUT2D eigenvalue weighted by Crippen LogP contribution is -2.40. The highest BCUT2D eigenvalue weighted by atomic mass is 19.1. The van der Waals surface area contributed by atoms with E-state index in [2.05, 4.69) is 0 Å². The van der Waals surface area contributed by atoms with Crippen molar-refractivity contribution < 1.29 is 19.5 Å². The molecule has 5 N–H and O–H groups in total. The van der Waals surface area contributed by atoms with Crippen molar-refractivity contribution in [2.24, 2.45) is 11.7 Å². The maximum atomic E-state index is 13.6. The molecule has 0 saturated carbocycles. The molecule has 5 nitrogen and oxygen atoms in total. The van der Waals surface area contributed by atoms with Gasteiger partial charge in [-0.05, 0) is 45.1 Å². The number of alkyl halides is 1. The van der Waals surface area contributed by atoms with E-state index < -0.39 is 29.6 Å². The third-order valence-corrected chi connectivity index (χ3v) is 3.90. The molecule has 6 heteroatoms. The maximum Gasteiger partial charge on any atom is 0.246 e. The summed E-state index contributed by atoms with van der Waals surface area (Å²) in [6.45, 7) is 2.86. The van der Waals surface area contributed by atoms with Crippen molar-refractivity contribution in [2.45, 2.75) is 57.3 Å². The van der Waals surface area contributed by atoms with Crippen LogP contribution in [-0.4, -0.2) is 34.0 Å². The van der Waals surface area contributed by atoms with Crippen LogP contribution >= 0.6 is 0 Å². The fraction of sp³-hybridized carbons (Fsp3) is 0.588. The molecule has 0 aliphatic heterocycles. The second kappa shape index (κ2) is 8.96. The number of hydrogen-bond acceptors (Lipinski definition) is 4. The molecule has 1 amide bonds. The summed E-state index contributed by atoms with van der Waals surface area (Å²) in [6, 6.07) is 8.96. The molecular weight excluding hydrogens is 299 g/mol. The Bertz CT molecular complexity index is 476. The van der Waals surface area contributed by atoms with Crippen molar-refractivity contribution in [3.05, 3.63) is 35.9 Å². The first-order valence-electron chi connectivity index (χ1n) is 7.83. The zero-order valence-corrected chi connectivity index (χ0v) is 13.7. The monoisotopic (exact) mass is 326 g/mol. The van der Waals surface area contributed by atoms with Gasteiger partial charge in [-0.15, -0.1) is 0 Å². The molecular formula is C17H27FN2O3. The molecule has 3 atom stereocenters. The highest BCUT2D eigenvalue weighted by Crippen LogP contribution is 2.23. The first-order valence-corrected chi connectivity index (χ1v) is 7.83. The van der Waals surface area contributed by atoms with E-state index in [1.54, 1.807) is 5.48 Å². The van der Waals surface area contributed by atoms with E-state index in [4.69, 9.17) is 10.9 Å².